The number of nitrogens with one attached hydrogen (secondary N) is 1. The van der Waals surface area contributed by atoms with Gasteiger partial charge in [-0.05, 0) is 43.7 Å². The van der Waals surface area contributed by atoms with Crippen LogP contribution in [-0.4, -0.2) is 15.6 Å². The quantitative estimate of drug-likeness (QED) is 0.746. The first kappa shape index (κ1) is 17.8. The SMILES string of the molecule is Cc1nc(NC(=O)c2cccn(OCc3ccc(F)cc3)c2=O)sc1C. The van der Waals surface area contributed by atoms with Crippen molar-refractivity contribution in [3.8, 4) is 0 Å². The fraction of sp³-hybridized carbons (Fsp3) is 0.167. The van der Waals surface area contributed by atoms with Gasteiger partial charge in [0.2, 0.25) is 0 Å². The molecule has 0 saturated carbocycles. The standard InChI is InChI=1S/C18H16FN3O3S/c1-11-12(2)26-18(20-11)21-16(23)15-4-3-9-22(17(15)24)25-10-13-5-7-14(19)8-6-13/h3-9H,10H2,1-2H3,(H,20,21,23). The average molecular weight is 373 g/mol. The second-order valence-electron chi connectivity index (χ2n) is 5.57. The molecule has 1 amide bonds. The molecule has 0 unspecified atom stereocenters. The predicted molar refractivity (Wildman–Crippen MR) is 96.9 cm³/mol. The van der Waals surface area contributed by atoms with Crippen LogP contribution in [0.5, 0.6) is 0 Å². The van der Waals surface area contributed by atoms with Gasteiger partial charge in [0.05, 0.1) is 5.69 Å². The van der Waals surface area contributed by atoms with Gasteiger partial charge in [-0.15, -0.1) is 11.3 Å². The number of hydrogen-bond donors (Lipinski definition) is 1. The second kappa shape index (κ2) is 7.49. The van der Waals surface area contributed by atoms with E-state index in [0.717, 1.165) is 15.3 Å². The van der Waals surface area contributed by atoms with Crippen molar-refractivity contribution in [3.05, 3.63) is 80.5 Å². The molecule has 1 N–H and O–H groups in total. The molecular formula is C18H16FN3O3S. The number of rotatable bonds is 5. The number of nitrogens with zero attached hydrogens (tertiary/aromatic N) is 2. The zero-order chi connectivity index (χ0) is 18.7. The normalized spacial score (nSPS) is 10.6. The zero-order valence-corrected chi connectivity index (χ0v) is 15.0. The van der Waals surface area contributed by atoms with E-state index in [4.69, 9.17) is 4.84 Å². The van der Waals surface area contributed by atoms with Crippen LogP contribution < -0.4 is 15.7 Å². The topological polar surface area (TPSA) is 73.2 Å². The predicted octanol–water partition coefficient (Wildman–Crippen LogP) is 2.94. The van der Waals surface area contributed by atoms with E-state index in [1.807, 2.05) is 13.8 Å². The van der Waals surface area contributed by atoms with Crippen LogP contribution >= 0.6 is 11.3 Å². The molecule has 3 aromatic rings. The molecule has 26 heavy (non-hydrogen) atoms. The minimum absolute atomic E-state index is 0.0582. The van der Waals surface area contributed by atoms with Gasteiger partial charge < -0.3 is 4.84 Å². The van der Waals surface area contributed by atoms with Crippen molar-refractivity contribution in [3.63, 3.8) is 0 Å². The Labute approximate surface area is 152 Å². The lowest BCUT2D eigenvalue weighted by Gasteiger charge is -2.09. The molecular weight excluding hydrogens is 357 g/mol. The number of pyridine rings is 1. The number of anilines is 1. The molecule has 0 aliphatic carbocycles. The molecule has 3 rings (SSSR count). The molecule has 0 saturated heterocycles. The highest BCUT2D eigenvalue weighted by molar-refractivity contribution is 7.15. The van der Waals surface area contributed by atoms with E-state index >= 15 is 0 Å². The number of carbonyl (C=O) groups is 1. The van der Waals surface area contributed by atoms with Crippen LogP contribution in [0.1, 0.15) is 26.5 Å². The molecule has 0 fully saturated rings. The Bertz CT molecular complexity index is 976. The van der Waals surface area contributed by atoms with Crippen molar-refractivity contribution >= 4 is 22.4 Å². The smallest absolute Gasteiger partial charge is 0.295 e. The van der Waals surface area contributed by atoms with Crippen LogP contribution in [0, 0.1) is 19.7 Å². The lowest BCUT2D eigenvalue weighted by atomic mass is 10.2. The maximum Gasteiger partial charge on any atom is 0.295 e. The van der Waals surface area contributed by atoms with Crippen molar-refractivity contribution in [1.82, 2.24) is 9.71 Å². The summed E-state index contributed by atoms with van der Waals surface area (Å²) in [5, 5.41) is 3.06. The minimum Gasteiger partial charge on any atom is -0.406 e. The molecule has 0 atom stereocenters. The zero-order valence-electron chi connectivity index (χ0n) is 14.2. The number of amides is 1. The number of aromatic nitrogens is 2. The summed E-state index contributed by atoms with van der Waals surface area (Å²) in [6.45, 7) is 3.82. The molecule has 6 nitrogen and oxygen atoms in total. The molecule has 0 radical (unpaired) electrons. The van der Waals surface area contributed by atoms with E-state index in [9.17, 15) is 14.0 Å². The van der Waals surface area contributed by atoms with Crippen molar-refractivity contribution in [1.29, 1.82) is 0 Å². The summed E-state index contributed by atoms with van der Waals surface area (Å²) in [5.74, 6) is -0.902. The number of halogens is 1. The number of carbonyl (C=O) groups excluding carboxylic acids is 1. The van der Waals surface area contributed by atoms with Crippen LogP contribution in [0.2, 0.25) is 0 Å². The van der Waals surface area contributed by atoms with E-state index in [2.05, 4.69) is 10.3 Å². The Hall–Kier alpha value is -3.00. The fourth-order valence-corrected chi connectivity index (χ4v) is 2.97. The first-order valence-corrected chi connectivity index (χ1v) is 8.60. The van der Waals surface area contributed by atoms with Gasteiger partial charge in [0.25, 0.3) is 11.5 Å². The Kier molecular flexibility index (Phi) is 5.13. The first-order chi connectivity index (χ1) is 12.4. The van der Waals surface area contributed by atoms with Gasteiger partial charge in [-0.2, -0.15) is 4.73 Å². The molecule has 0 spiro atoms. The van der Waals surface area contributed by atoms with Crippen molar-refractivity contribution in [2.24, 2.45) is 0 Å². The molecule has 8 heteroatoms. The number of thiazole rings is 1. The number of benzene rings is 1. The summed E-state index contributed by atoms with van der Waals surface area (Å²) in [6.07, 6.45) is 1.42. The summed E-state index contributed by atoms with van der Waals surface area (Å²) in [6, 6.07) is 8.70. The molecule has 0 aliphatic heterocycles. The third kappa shape index (κ3) is 3.97. The third-order valence-electron chi connectivity index (χ3n) is 3.69. The highest BCUT2D eigenvalue weighted by Gasteiger charge is 2.15. The molecule has 134 valence electrons. The Balaban J connectivity index is 1.74. The van der Waals surface area contributed by atoms with Gasteiger partial charge in [-0.1, -0.05) is 12.1 Å². The monoisotopic (exact) mass is 373 g/mol. The van der Waals surface area contributed by atoms with Gasteiger partial charge in [-0.25, -0.2) is 9.37 Å². The van der Waals surface area contributed by atoms with Crippen LogP contribution in [-0.2, 0) is 6.61 Å². The Morgan fingerprint density at radius 3 is 2.65 bits per heavy atom. The average Bonchev–Trinajstić information content (AvgIpc) is 2.92. The van der Waals surface area contributed by atoms with Gasteiger partial charge in [0.15, 0.2) is 5.13 Å². The summed E-state index contributed by atoms with van der Waals surface area (Å²) in [7, 11) is 0. The molecule has 2 heterocycles. The van der Waals surface area contributed by atoms with Crippen LogP contribution in [0.4, 0.5) is 9.52 Å². The first-order valence-electron chi connectivity index (χ1n) is 7.79. The molecule has 1 aromatic carbocycles. The van der Waals surface area contributed by atoms with Crippen molar-refractivity contribution < 1.29 is 14.0 Å². The van der Waals surface area contributed by atoms with Crippen LogP contribution in [0.25, 0.3) is 0 Å². The third-order valence-corrected chi connectivity index (χ3v) is 4.68. The lowest BCUT2D eigenvalue weighted by Crippen LogP contribution is -2.32. The van der Waals surface area contributed by atoms with Gasteiger partial charge >= 0.3 is 0 Å². The molecule has 2 aromatic heterocycles. The van der Waals surface area contributed by atoms with E-state index < -0.39 is 11.5 Å². The van der Waals surface area contributed by atoms with E-state index in [-0.39, 0.29) is 18.0 Å². The summed E-state index contributed by atoms with van der Waals surface area (Å²) in [4.78, 5) is 35.4. The van der Waals surface area contributed by atoms with Crippen molar-refractivity contribution in [2.75, 3.05) is 5.32 Å². The van der Waals surface area contributed by atoms with Gasteiger partial charge in [0, 0.05) is 11.1 Å². The maximum atomic E-state index is 12.9. The molecule has 0 bridgehead atoms. The van der Waals surface area contributed by atoms with Crippen molar-refractivity contribution in [2.45, 2.75) is 20.5 Å². The van der Waals surface area contributed by atoms with Crippen LogP contribution in [0.15, 0.2) is 47.4 Å². The summed E-state index contributed by atoms with van der Waals surface area (Å²) in [5.41, 5.74) is 0.884. The summed E-state index contributed by atoms with van der Waals surface area (Å²) >= 11 is 1.34. The maximum absolute atomic E-state index is 12.9. The van der Waals surface area contributed by atoms with Gasteiger partial charge in [0.1, 0.15) is 18.0 Å². The van der Waals surface area contributed by atoms with Gasteiger partial charge in [-0.3, -0.25) is 14.9 Å². The molecule has 0 aliphatic rings. The Morgan fingerprint density at radius 1 is 1.27 bits per heavy atom. The Morgan fingerprint density at radius 2 is 2.00 bits per heavy atom. The fourth-order valence-electron chi connectivity index (χ4n) is 2.16. The number of hydrogen-bond acceptors (Lipinski definition) is 5. The van der Waals surface area contributed by atoms with E-state index in [1.165, 1.54) is 35.7 Å². The highest BCUT2D eigenvalue weighted by atomic mass is 32.1. The lowest BCUT2D eigenvalue weighted by molar-refractivity contribution is 0.0863. The van der Waals surface area contributed by atoms with E-state index in [1.54, 1.807) is 18.2 Å². The van der Waals surface area contributed by atoms with Crippen LogP contribution in [0.3, 0.4) is 0 Å². The summed E-state index contributed by atoms with van der Waals surface area (Å²) < 4.78 is 13.9. The largest absolute Gasteiger partial charge is 0.406 e. The van der Waals surface area contributed by atoms with E-state index in [0.29, 0.717) is 10.7 Å². The minimum atomic E-state index is -0.586. The highest BCUT2D eigenvalue weighted by Crippen LogP contribution is 2.21. The second-order valence-corrected chi connectivity index (χ2v) is 6.77. The number of aryl methyl sites for hydroxylation is 2.